The minimum atomic E-state index is -1.72. The lowest BCUT2D eigenvalue weighted by atomic mass is 9.96. The lowest BCUT2D eigenvalue weighted by molar-refractivity contribution is -0.397. The molecule has 2 aromatic carbocycles. The van der Waals surface area contributed by atoms with Gasteiger partial charge in [-0.15, -0.1) is 17.5 Å². The Bertz CT molecular complexity index is 1350. The highest BCUT2D eigenvalue weighted by molar-refractivity contribution is 8.00. The zero-order chi connectivity index (χ0) is 29.8. The van der Waals surface area contributed by atoms with Crippen molar-refractivity contribution >= 4 is 23.4 Å². The van der Waals surface area contributed by atoms with E-state index in [9.17, 15) is 33.3 Å². The summed E-state index contributed by atoms with van der Waals surface area (Å²) in [5.74, 6) is -5.80. The second kappa shape index (κ2) is 11.3. The van der Waals surface area contributed by atoms with Crippen LogP contribution in [0.1, 0.15) is 22.3 Å². The van der Waals surface area contributed by atoms with Gasteiger partial charge in [-0.05, 0) is 17.7 Å². The van der Waals surface area contributed by atoms with Crippen molar-refractivity contribution in [2.75, 3.05) is 20.3 Å². The molecule has 1 amide bonds. The molecule has 15 heteroatoms. The molecule has 4 heterocycles. The van der Waals surface area contributed by atoms with Gasteiger partial charge in [0, 0.05) is 30.5 Å². The summed E-state index contributed by atoms with van der Waals surface area (Å²) in [7, 11) is 1.33. The molecule has 4 aliphatic rings. The molecule has 2 aromatic rings. The summed E-state index contributed by atoms with van der Waals surface area (Å²) in [6.45, 7) is -0.405. The summed E-state index contributed by atoms with van der Waals surface area (Å²) in [5, 5.41) is 37.6. The van der Waals surface area contributed by atoms with Crippen LogP contribution in [0.4, 0.5) is 13.2 Å². The van der Waals surface area contributed by atoms with Crippen LogP contribution in [0.25, 0.3) is 11.1 Å². The maximum Gasteiger partial charge on any atom is 0.251 e. The number of halogens is 3. The largest absolute Gasteiger partial charge is 0.597 e. The molecular formula is C27H28F3N4O7S-. The van der Waals surface area contributed by atoms with Crippen molar-refractivity contribution in [1.82, 2.24) is 15.4 Å². The Morgan fingerprint density at radius 2 is 1.95 bits per heavy atom. The number of hydrogen-bond donors (Lipinski definition) is 4. The summed E-state index contributed by atoms with van der Waals surface area (Å²) in [6.07, 6.45) is -2.33. The quantitative estimate of drug-likeness (QED) is 0.343. The number of benzene rings is 2. The van der Waals surface area contributed by atoms with Crippen LogP contribution >= 0.6 is 11.8 Å². The summed E-state index contributed by atoms with van der Waals surface area (Å²) >= 11 is 1.23. The van der Waals surface area contributed by atoms with E-state index in [2.05, 4.69) is 10.7 Å². The van der Waals surface area contributed by atoms with E-state index in [1.807, 2.05) is 30.3 Å². The van der Waals surface area contributed by atoms with Crippen LogP contribution in [0, 0.1) is 17.5 Å². The van der Waals surface area contributed by atoms with Crippen molar-refractivity contribution in [3.63, 3.8) is 0 Å². The van der Waals surface area contributed by atoms with Crippen LogP contribution in [0.2, 0.25) is 0 Å². The monoisotopic (exact) mass is 609 g/mol. The molecule has 4 N–H and O–H groups in total. The summed E-state index contributed by atoms with van der Waals surface area (Å²) < 4.78 is 58.4. The van der Waals surface area contributed by atoms with E-state index in [1.165, 1.54) is 18.9 Å². The van der Waals surface area contributed by atoms with Gasteiger partial charge >= 0.3 is 0 Å². The first-order valence-electron chi connectivity index (χ1n) is 13.1. The van der Waals surface area contributed by atoms with E-state index in [0.29, 0.717) is 17.8 Å². The first-order chi connectivity index (χ1) is 20.1. The SMILES string of the molecule is COC1C(SC2COC3N4[N-]C(c5ccccc5)=CN4C3(O)C2)OC(CO)C(O)C1NC(=O)c1cc(F)c(F)c(F)c1. The second-order valence-corrected chi connectivity index (χ2v) is 11.7. The third kappa shape index (κ3) is 4.93. The van der Waals surface area contributed by atoms with Gasteiger partial charge in [-0.25, -0.2) is 13.2 Å². The molecule has 6 rings (SSSR count). The summed E-state index contributed by atoms with van der Waals surface area (Å²) in [6, 6.07) is 9.38. The Kier molecular flexibility index (Phi) is 7.86. The van der Waals surface area contributed by atoms with Gasteiger partial charge in [0.1, 0.15) is 23.7 Å². The minimum absolute atomic E-state index is 0.200. The number of fused-ring (bicyclic) bond motifs is 4. The molecule has 0 radical (unpaired) electrons. The lowest BCUT2D eigenvalue weighted by Crippen LogP contribution is -2.78. The molecule has 226 valence electrons. The molecule has 3 fully saturated rings. The fourth-order valence-corrected chi connectivity index (χ4v) is 7.11. The number of hydrogen-bond acceptors (Lipinski definition) is 10. The van der Waals surface area contributed by atoms with Crippen molar-refractivity contribution in [1.29, 1.82) is 0 Å². The predicted molar refractivity (Wildman–Crippen MR) is 142 cm³/mol. The van der Waals surface area contributed by atoms with Gasteiger partial charge in [0.25, 0.3) is 5.91 Å². The number of rotatable bonds is 7. The molecule has 0 aromatic heterocycles. The molecule has 0 bridgehead atoms. The van der Waals surface area contributed by atoms with E-state index in [1.54, 1.807) is 16.3 Å². The van der Waals surface area contributed by atoms with Gasteiger partial charge in [0.15, 0.2) is 29.4 Å². The maximum absolute atomic E-state index is 13.7. The summed E-state index contributed by atoms with van der Waals surface area (Å²) in [4.78, 5) is 12.9. The Morgan fingerprint density at radius 3 is 2.62 bits per heavy atom. The second-order valence-electron chi connectivity index (χ2n) is 10.3. The smallest absolute Gasteiger partial charge is 0.251 e. The van der Waals surface area contributed by atoms with Gasteiger partial charge in [-0.2, -0.15) is 0 Å². The molecule has 8 atom stereocenters. The molecule has 0 aliphatic carbocycles. The Balaban J connectivity index is 1.17. The Labute approximate surface area is 242 Å². The Hall–Kier alpha value is -2.89. The lowest BCUT2D eigenvalue weighted by Gasteiger charge is -2.67. The fraction of sp³-hybridized carbons (Fsp3) is 0.444. The van der Waals surface area contributed by atoms with Crippen LogP contribution in [0.5, 0.6) is 0 Å². The number of amides is 1. The number of aliphatic hydroxyl groups excluding tert-OH is 2. The van der Waals surface area contributed by atoms with Crippen molar-refractivity contribution in [3.05, 3.63) is 82.7 Å². The molecular weight excluding hydrogens is 581 g/mol. The Morgan fingerprint density at radius 1 is 1.24 bits per heavy atom. The van der Waals surface area contributed by atoms with Crippen molar-refractivity contribution in [2.45, 2.75) is 53.4 Å². The average Bonchev–Trinajstić information content (AvgIpc) is 3.39. The molecule has 0 spiro atoms. The number of carbonyl (C=O) groups excluding carboxylic acids is 1. The first kappa shape index (κ1) is 29.2. The van der Waals surface area contributed by atoms with E-state index in [-0.39, 0.29) is 18.3 Å². The number of nitrogens with zero attached hydrogens (tertiary/aromatic N) is 3. The molecule has 8 unspecified atom stereocenters. The number of aliphatic hydroxyl groups is 3. The van der Waals surface area contributed by atoms with Crippen LogP contribution in [-0.4, -0.2) is 98.7 Å². The number of ether oxygens (including phenoxy) is 3. The third-order valence-electron chi connectivity index (χ3n) is 7.72. The normalized spacial score (nSPS) is 34.1. The highest BCUT2D eigenvalue weighted by Crippen LogP contribution is 2.52. The number of hydrazine groups is 1. The highest BCUT2D eigenvalue weighted by Gasteiger charge is 2.60. The summed E-state index contributed by atoms with van der Waals surface area (Å²) in [5.41, 5.74) is 3.32. The van der Waals surface area contributed by atoms with Crippen LogP contribution < -0.4 is 5.32 Å². The van der Waals surface area contributed by atoms with Gasteiger partial charge in [-0.1, -0.05) is 30.3 Å². The van der Waals surface area contributed by atoms with Gasteiger partial charge in [-0.3, -0.25) is 14.9 Å². The van der Waals surface area contributed by atoms with E-state index in [0.717, 1.165) is 5.56 Å². The molecule has 4 aliphatic heterocycles. The van der Waals surface area contributed by atoms with Gasteiger partial charge < -0.3 is 40.3 Å². The van der Waals surface area contributed by atoms with Gasteiger partial charge in [0.2, 0.25) is 0 Å². The van der Waals surface area contributed by atoms with Crippen LogP contribution in [0.3, 0.4) is 0 Å². The molecule has 11 nitrogen and oxygen atoms in total. The zero-order valence-corrected chi connectivity index (χ0v) is 23.0. The van der Waals surface area contributed by atoms with Crippen molar-refractivity contribution in [3.8, 4) is 0 Å². The molecule has 42 heavy (non-hydrogen) atoms. The van der Waals surface area contributed by atoms with Gasteiger partial charge in [0.05, 0.1) is 19.3 Å². The van der Waals surface area contributed by atoms with E-state index < -0.39 is 77.3 Å². The van der Waals surface area contributed by atoms with Crippen LogP contribution in [0.15, 0.2) is 48.7 Å². The topological polar surface area (TPSA) is 138 Å². The number of thioether (sulfide) groups is 1. The molecule has 3 saturated heterocycles. The minimum Gasteiger partial charge on any atom is -0.597 e. The van der Waals surface area contributed by atoms with E-state index in [4.69, 9.17) is 14.2 Å². The first-order valence-corrected chi connectivity index (χ1v) is 14.1. The standard InChI is InChI=1S/C27H28F3N4O7S/c1-39-23-21(31-24(37)14-7-16(28)20(30)17(29)8-14)22(36)19(11-35)41-25(23)42-15-9-27(38)26(40-12-15)34-32-18(10-33(27)34)13-5-3-2-4-6-13/h2-8,10,15,19,21-23,25-26,35-36,38H,9,11-12H2,1H3,(H,31,37)/q-1. The molecule has 0 saturated carbocycles. The van der Waals surface area contributed by atoms with Crippen molar-refractivity contribution < 1.29 is 47.5 Å². The predicted octanol–water partition coefficient (Wildman–Crippen LogP) is 1.67. The van der Waals surface area contributed by atoms with E-state index >= 15 is 0 Å². The zero-order valence-electron chi connectivity index (χ0n) is 22.1. The van der Waals surface area contributed by atoms with Crippen molar-refractivity contribution in [2.24, 2.45) is 0 Å². The number of methoxy groups -OCH3 is 1. The fourth-order valence-electron chi connectivity index (χ4n) is 5.59. The van der Waals surface area contributed by atoms with Crippen LogP contribution in [-0.2, 0) is 14.2 Å². The number of nitrogens with one attached hydrogen (secondary N) is 1. The number of carbonyl (C=O) groups is 1. The maximum atomic E-state index is 13.7. The highest BCUT2D eigenvalue weighted by atomic mass is 32.2. The average molecular weight is 610 g/mol. The third-order valence-corrected chi connectivity index (χ3v) is 9.05.